The van der Waals surface area contributed by atoms with Crippen molar-refractivity contribution in [1.82, 2.24) is 19.9 Å². The number of esters is 1. The van der Waals surface area contributed by atoms with E-state index in [0.29, 0.717) is 34.6 Å². The van der Waals surface area contributed by atoms with E-state index in [4.69, 9.17) is 4.74 Å². The van der Waals surface area contributed by atoms with Crippen molar-refractivity contribution in [2.45, 2.75) is 26.3 Å². The Balaban J connectivity index is 2.02. The van der Waals surface area contributed by atoms with Gasteiger partial charge >= 0.3 is 5.97 Å². The van der Waals surface area contributed by atoms with Crippen LogP contribution in [0.5, 0.6) is 0 Å². The Hall–Kier alpha value is -3.42. The lowest BCUT2D eigenvalue weighted by Gasteiger charge is -2.19. The molecule has 1 aromatic carbocycles. The second kappa shape index (κ2) is 8.30. The first kappa shape index (κ1) is 20.3. The Morgan fingerprint density at radius 3 is 2.66 bits per heavy atom. The van der Waals surface area contributed by atoms with E-state index in [1.54, 1.807) is 49.1 Å². The Labute approximate surface area is 167 Å². The largest absolute Gasteiger partial charge is 0.465 e. The number of carbonyl (C=O) groups is 2. The number of nitrogens with zero attached hydrogens (tertiary/aromatic N) is 2. The van der Waals surface area contributed by atoms with Gasteiger partial charge in [-0.3, -0.25) is 4.79 Å². The third-order valence-corrected chi connectivity index (χ3v) is 4.91. The zero-order valence-corrected chi connectivity index (χ0v) is 16.7. The first-order valence-electron chi connectivity index (χ1n) is 9.21. The molecule has 3 rings (SSSR count). The summed E-state index contributed by atoms with van der Waals surface area (Å²) in [4.78, 5) is 32.5. The Morgan fingerprint density at radius 2 is 2.07 bits per heavy atom. The van der Waals surface area contributed by atoms with Crippen molar-refractivity contribution in [3.8, 4) is 0 Å². The third kappa shape index (κ3) is 3.78. The van der Waals surface area contributed by atoms with E-state index in [0.717, 1.165) is 0 Å². The predicted octanol–water partition coefficient (Wildman–Crippen LogP) is 3.06. The lowest BCUT2D eigenvalue weighted by Crippen LogP contribution is -2.32. The summed E-state index contributed by atoms with van der Waals surface area (Å²) in [6.45, 7) is 3.55. The second-order valence-electron chi connectivity index (χ2n) is 6.65. The molecule has 0 spiro atoms. The molecule has 152 valence electrons. The number of aryl methyl sites for hydroxylation is 2. The van der Waals surface area contributed by atoms with Crippen LogP contribution in [0.1, 0.15) is 56.5 Å². The number of aromatic amines is 1. The molecule has 0 saturated heterocycles. The van der Waals surface area contributed by atoms with Gasteiger partial charge in [0, 0.05) is 30.7 Å². The van der Waals surface area contributed by atoms with E-state index >= 15 is 0 Å². The minimum Gasteiger partial charge on any atom is -0.465 e. The molecule has 2 heterocycles. The first-order valence-corrected chi connectivity index (χ1v) is 9.21. The molecule has 8 heteroatoms. The fraction of sp³-hybridized carbons (Fsp3) is 0.286. The minimum atomic E-state index is -0.807. The van der Waals surface area contributed by atoms with Gasteiger partial charge in [-0.05, 0) is 25.0 Å². The molecule has 1 atom stereocenters. The van der Waals surface area contributed by atoms with E-state index in [1.807, 2.05) is 6.92 Å². The van der Waals surface area contributed by atoms with E-state index in [9.17, 15) is 14.0 Å². The summed E-state index contributed by atoms with van der Waals surface area (Å²) in [5.41, 5.74) is 1.97. The molecule has 29 heavy (non-hydrogen) atoms. The summed E-state index contributed by atoms with van der Waals surface area (Å²) < 4.78 is 21.1. The minimum absolute atomic E-state index is 0.234. The lowest BCUT2D eigenvalue weighted by molar-refractivity contribution is 0.0599. The Morgan fingerprint density at radius 1 is 1.34 bits per heavy atom. The normalized spacial score (nSPS) is 11.9. The topological polar surface area (TPSA) is 89.0 Å². The fourth-order valence-corrected chi connectivity index (χ4v) is 3.38. The molecular weight excluding hydrogens is 375 g/mol. The quantitative estimate of drug-likeness (QED) is 0.625. The summed E-state index contributed by atoms with van der Waals surface area (Å²) in [6, 6.07) is 5.42. The van der Waals surface area contributed by atoms with E-state index in [-0.39, 0.29) is 5.69 Å². The van der Waals surface area contributed by atoms with Crippen LogP contribution in [0.2, 0.25) is 0 Å². The van der Waals surface area contributed by atoms with Crippen LogP contribution in [-0.4, -0.2) is 33.5 Å². The van der Waals surface area contributed by atoms with Crippen molar-refractivity contribution in [1.29, 1.82) is 0 Å². The van der Waals surface area contributed by atoms with Gasteiger partial charge in [0.25, 0.3) is 5.91 Å². The zero-order valence-electron chi connectivity index (χ0n) is 16.7. The number of carbonyl (C=O) groups excluding carboxylic acids is 2. The Bertz CT molecular complexity index is 1050. The monoisotopic (exact) mass is 398 g/mol. The highest BCUT2D eigenvalue weighted by molar-refractivity contribution is 6.00. The van der Waals surface area contributed by atoms with Crippen molar-refractivity contribution in [3.05, 3.63) is 76.4 Å². The molecule has 0 saturated carbocycles. The molecule has 2 N–H and O–H groups in total. The van der Waals surface area contributed by atoms with Crippen LogP contribution in [0, 0.1) is 12.7 Å². The number of amides is 1. The van der Waals surface area contributed by atoms with E-state index in [2.05, 4.69) is 15.3 Å². The van der Waals surface area contributed by atoms with Crippen LogP contribution in [-0.2, 0) is 18.2 Å². The smallest absolute Gasteiger partial charge is 0.339 e. The molecule has 0 aliphatic carbocycles. The number of imidazole rings is 1. The van der Waals surface area contributed by atoms with Gasteiger partial charge in [-0.2, -0.15) is 0 Å². The number of ether oxygens (including phenoxy) is 1. The summed E-state index contributed by atoms with van der Waals surface area (Å²) in [5.74, 6) is -0.946. The highest BCUT2D eigenvalue weighted by Gasteiger charge is 2.28. The number of hydrogen-bond donors (Lipinski definition) is 2. The summed E-state index contributed by atoms with van der Waals surface area (Å²) in [5, 5.41) is 2.85. The molecule has 0 aliphatic heterocycles. The Kier molecular flexibility index (Phi) is 5.81. The summed E-state index contributed by atoms with van der Waals surface area (Å²) in [6.07, 6.45) is 3.83. The van der Waals surface area contributed by atoms with Gasteiger partial charge in [0.05, 0.1) is 12.7 Å². The fourth-order valence-electron chi connectivity index (χ4n) is 3.38. The molecule has 0 unspecified atom stereocenters. The van der Waals surface area contributed by atoms with Gasteiger partial charge in [0.2, 0.25) is 0 Å². The van der Waals surface area contributed by atoms with Crippen LogP contribution in [0.15, 0.2) is 36.7 Å². The van der Waals surface area contributed by atoms with Crippen LogP contribution < -0.4 is 5.32 Å². The summed E-state index contributed by atoms with van der Waals surface area (Å²) in [7, 11) is 3.07. The molecule has 1 amide bonds. The highest BCUT2D eigenvalue weighted by atomic mass is 19.1. The van der Waals surface area contributed by atoms with Crippen molar-refractivity contribution in [2.75, 3.05) is 7.11 Å². The number of halogens is 1. The first-order chi connectivity index (χ1) is 13.9. The van der Waals surface area contributed by atoms with Gasteiger partial charge in [0.1, 0.15) is 23.4 Å². The molecule has 0 bridgehead atoms. The maximum absolute atomic E-state index is 14.5. The molecule has 0 fully saturated rings. The highest BCUT2D eigenvalue weighted by Crippen LogP contribution is 2.25. The van der Waals surface area contributed by atoms with Crippen LogP contribution >= 0.6 is 0 Å². The number of methoxy groups -OCH3 is 1. The third-order valence-electron chi connectivity index (χ3n) is 4.91. The van der Waals surface area contributed by atoms with Gasteiger partial charge < -0.3 is 19.6 Å². The van der Waals surface area contributed by atoms with E-state index in [1.165, 1.54) is 13.2 Å². The number of H-pyrrole nitrogens is 1. The number of hydrogen-bond acceptors (Lipinski definition) is 4. The molecule has 0 aliphatic rings. The number of nitrogens with one attached hydrogen (secondary N) is 2. The number of aromatic nitrogens is 3. The van der Waals surface area contributed by atoms with Crippen molar-refractivity contribution >= 4 is 11.9 Å². The van der Waals surface area contributed by atoms with Gasteiger partial charge in [0.15, 0.2) is 0 Å². The van der Waals surface area contributed by atoms with Crippen LogP contribution in [0.4, 0.5) is 4.39 Å². The molecule has 2 aromatic heterocycles. The average molecular weight is 398 g/mol. The van der Waals surface area contributed by atoms with E-state index < -0.39 is 23.7 Å². The standard InChI is InChI=1S/C21H23FN4O3/c1-5-15-16(21(28)29-4)12(2)17(24-15)20(27)25-18(19-23-10-11-26(19)3)13-8-6-7-9-14(13)22/h6-11,18,24H,5H2,1-4H3,(H,25,27)/t18-/m1/s1. The lowest BCUT2D eigenvalue weighted by atomic mass is 10.0. The maximum atomic E-state index is 14.5. The average Bonchev–Trinajstić information content (AvgIpc) is 3.28. The maximum Gasteiger partial charge on any atom is 0.339 e. The molecule has 0 radical (unpaired) electrons. The SMILES string of the molecule is CCc1[nH]c(C(=O)N[C@H](c2ccccc2F)c2nccn2C)c(C)c1C(=O)OC. The van der Waals surface area contributed by atoms with Gasteiger partial charge in [-0.15, -0.1) is 0 Å². The van der Waals surface area contributed by atoms with Gasteiger partial charge in [-0.25, -0.2) is 14.2 Å². The van der Waals surface area contributed by atoms with Crippen LogP contribution in [0.25, 0.3) is 0 Å². The second-order valence-corrected chi connectivity index (χ2v) is 6.65. The van der Waals surface area contributed by atoms with Crippen LogP contribution in [0.3, 0.4) is 0 Å². The molecular formula is C21H23FN4O3. The molecule has 3 aromatic rings. The number of rotatable bonds is 6. The predicted molar refractivity (Wildman–Crippen MR) is 105 cm³/mol. The van der Waals surface area contributed by atoms with Crippen molar-refractivity contribution in [2.24, 2.45) is 7.05 Å². The van der Waals surface area contributed by atoms with Crippen molar-refractivity contribution < 1.29 is 18.7 Å². The van der Waals surface area contributed by atoms with Crippen molar-refractivity contribution in [3.63, 3.8) is 0 Å². The van der Waals surface area contributed by atoms with Gasteiger partial charge in [-0.1, -0.05) is 25.1 Å². The zero-order chi connectivity index (χ0) is 21.1. The summed E-state index contributed by atoms with van der Waals surface area (Å²) >= 11 is 0. The molecule has 7 nitrogen and oxygen atoms in total. The number of benzene rings is 1.